The van der Waals surface area contributed by atoms with Crippen molar-refractivity contribution in [3.05, 3.63) is 5.82 Å². The molecular weight excluding hydrogens is 224 g/mol. The Kier molecular flexibility index (Phi) is 5.79. The Balaban J connectivity index is 2.61. The summed E-state index contributed by atoms with van der Waals surface area (Å²) in [5.74, 6) is 1.73. The summed E-state index contributed by atoms with van der Waals surface area (Å²) < 4.78 is 7.37. The summed E-state index contributed by atoms with van der Waals surface area (Å²) in [6, 6.07) is 0.336. The van der Waals surface area contributed by atoms with Crippen LogP contribution < -0.4 is 5.73 Å². The molecule has 1 heterocycles. The van der Waals surface area contributed by atoms with Crippen molar-refractivity contribution in [3.63, 3.8) is 0 Å². The van der Waals surface area contributed by atoms with Gasteiger partial charge in [0.2, 0.25) is 0 Å². The van der Waals surface area contributed by atoms with Crippen LogP contribution in [0.2, 0.25) is 0 Å². The molecule has 0 radical (unpaired) electrons. The Bertz CT molecular complexity index is 314. The maximum absolute atomic E-state index is 5.62. The number of aromatic nitrogens is 3. The van der Waals surface area contributed by atoms with Crippen molar-refractivity contribution in [2.45, 2.75) is 38.5 Å². The van der Waals surface area contributed by atoms with E-state index >= 15 is 0 Å². The maximum atomic E-state index is 5.62. The van der Waals surface area contributed by atoms with Gasteiger partial charge in [-0.1, -0.05) is 11.8 Å². The Morgan fingerprint density at radius 2 is 2.19 bits per heavy atom. The second-order valence-corrected chi connectivity index (χ2v) is 4.67. The molecule has 5 nitrogen and oxygen atoms in total. The predicted octanol–water partition coefficient (Wildman–Crippen LogP) is 1.45. The lowest BCUT2D eigenvalue weighted by atomic mass is 10.4. The monoisotopic (exact) mass is 244 g/mol. The van der Waals surface area contributed by atoms with Gasteiger partial charge in [0.1, 0.15) is 5.82 Å². The summed E-state index contributed by atoms with van der Waals surface area (Å²) in [6.07, 6.45) is 0. The van der Waals surface area contributed by atoms with Crippen LogP contribution in [0.3, 0.4) is 0 Å². The normalized spacial score (nSPS) is 11.3. The average molecular weight is 244 g/mol. The maximum Gasteiger partial charge on any atom is 0.191 e. The van der Waals surface area contributed by atoms with Gasteiger partial charge in [-0.05, 0) is 20.8 Å². The molecule has 0 aliphatic rings. The van der Waals surface area contributed by atoms with E-state index in [1.807, 2.05) is 6.92 Å². The molecule has 0 amide bonds. The van der Waals surface area contributed by atoms with E-state index in [4.69, 9.17) is 10.5 Å². The summed E-state index contributed by atoms with van der Waals surface area (Å²) >= 11 is 1.66. The fourth-order valence-electron chi connectivity index (χ4n) is 1.40. The number of nitrogens with two attached hydrogens (primary N) is 1. The highest BCUT2D eigenvalue weighted by molar-refractivity contribution is 7.99. The highest BCUT2D eigenvalue weighted by Gasteiger charge is 2.13. The summed E-state index contributed by atoms with van der Waals surface area (Å²) in [4.78, 5) is 0. The van der Waals surface area contributed by atoms with E-state index in [2.05, 4.69) is 28.6 Å². The second-order valence-electron chi connectivity index (χ2n) is 3.61. The number of hydrogen-bond donors (Lipinski definition) is 1. The summed E-state index contributed by atoms with van der Waals surface area (Å²) in [7, 11) is 0. The molecule has 1 aromatic heterocycles. The molecule has 0 unspecified atom stereocenters. The van der Waals surface area contributed by atoms with E-state index in [1.165, 1.54) is 0 Å². The van der Waals surface area contributed by atoms with Gasteiger partial charge in [-0.15, -0.1) is 10.2 Å². The van der Waals surface area contributed by atoms with Crippen molar-refractivity contribution >= 4 is 11.8 Å². The van der Waals surface area contributed by atoms with Gasteiger partial charge in [0.25, 0.3) is 0 Å². The fraction of sp³-hybridized carbons (Fsp3) is 0.800. The molecule has 92 valence electrons. The van der Waals surface area contributed by atoms with Crippen LogP contribution >= 0.6 is 11.8 Å². The Morgan fingerprint density at radius 1 is 1.44 bits per heavy atom. The summed E-state index contributed by atoms with van der Waals surface area (Å²) in [5, 5.41) is 9.15. The van der Waals surface area contributed by atoms with Gasteiger partial charge in [0.05, 0.1) is 13.2 Å². The van der Waals surface area contributed by atoms with Crippen LogP contribution in [0.15, 0.2) is 5.16 Å². The zero-order valence-corrected chi connectivity index (χ0v) is 11.0. The Hall–Kier alpha value is -0.590. The van der Waals surface area contributed by atoms with Crippen LogP contribution in [0.25, 0.3) is 0 Å². The summed E-state index contributed by atoms with van der Waals surface area (Å²) in [5.41, 5.74) is 5.62. The number of rotatable bonds is 7. The van der Waals surface area contributed by atoms with E-state index in [-0.39, 0.29) is 0 Å². The minimum atomic E-state index is 0.336. The third kappa shape index (κ3) is 3.47. The van der Waals surface area contributed by atoms with Gasteiger partial charge < -0.3 is 15.0 Å². The first-order valence-electron chi connectivity index (χ1n) is 5.55. The molecule has 0 atom stereocenters. The molecule has 6 heteroatoms. The first-order chi connectivity index (χ1) is 7.70. The molecular formula is C10H20N4OS. The molecule has 0 spiro atoms. The van der Waals surface area contributed by atoms with E-state index in [1.54, 1.807) is 11.8 Å². The quantitative estimate of drug-likeness (QED) is 0.581. The van der Waals surface area contributed by atoms with Crippen molar-refractivity contribution in [2.75, 3.05) is 19.0 Å². The molecule has 0 bridgehead atoms. The number of nitrogens with zero attached hydrogens (tertiary/aromatic N) is 3. The highest BCUT2D eigenvalue weighted by atomic mass is 32.2. The average Bonchev–Trinajstić information content (AvgIpc) is 2.67. The molecule has 1 rings (SSSR count). The van der Waals surface area contributed by atoms with E-state index in [0.717, 1.165) is 29.9 Å². The molecule has 0 aliphatic carbocycles. The first-order valence-corrected chi connectivity index (χ1v) is 6.53. The van der Waals surface area contributed by atoms with Crippen molar-refractivity contribution < 1.29 is 4.74 Å². The molecule has 0 aliphatic heterocycles. The smallest absolute Gasteiger partial charge is 0.191 e. The lowest BCUT2D eigenvalue weighted by Gasteiger charge is -2.12. The van der Waals surface area contributed by atoms with Gasteiger partial charge in [-0.25, -0.2) is 0 Å². The van der Waals surface area contributed by atoms with Crippen LogP contribution in [0.5, 0.6) is 0 Å². The zero-order valence-electron chi connectivity index (χ0n) is 10.1. The minimum absolute atomic E-state index is 0.336. The van der Waals surface area contributed by atoms with Crippen LogP contribution in [0.4, 0.5) is 0 Å². The topological polar surface area (TPSA) is 66.0 Å². The molecule has 2 N–H and O–H groups in total. The number of ether oxygens (including phenoxy) is 1. The van der Waals surface area contributed by atoms with Gasteiger partial charge in [0, 0.05) is 18.4 Å². The van der Waals surface area contributed by atoms with E-state index in [9.17, 15) is 0 Å². The minimum Gasteiger partial charge on any atom is -0.381 e. The Labute approximate surface area is 101 Å². The third-order valence-corrected chi connectivity index (χ3v) is 3.00. The standard InChI is InChI=1S/C10H20N4OS/c1-4-15-5-6-16-10-13-12-9(7-11)14(10)8(2)3/h8H,4-7,11H2,1-3H3. The molecule has 0 saturated heterocycles. The molecule has 0 aromatic carbocycles. The van der Waals surface area contributed by atoms with Gasteiger partial charge >= 0.3 is 0 Å². The van der Waals surface area contributed by atoms with Crippen molar-refractivity contribution in [2.24, 2.45) is 5.73 Å². The zero-order chi connectivity index (χ0) is 12.0. The fourth-order valence-corrected chi connectivity index (χ4v) is 2.34. The number of hydrogen-bond acceptors (Lipinski definition) is 5. The van der Waals surface area contributed by atoms with Crippen molar-refractivity contribution in [1.29, 1.82) is 0 Å². The third-order valence-electron chi connectivity index (χ3n) is 2.10. The second kappa shape index (κ2) is 6.88. The SMILES string of the molecule is CCOCCSc1nnc(CN)n1C(C)C. The van der Waals surface area contributed by atoms with Crippen LogP contribution in [-0.4, -0.2) is 33.7 Å². The van der Waals surface area contributed by atoms with Crippen LogP contribution in [-0.2, 0) is 11.3 Å². The van der Waals surface area contributed by atoms with E-state index < -0.39 is 0 Å². The van der Waals surface area contributed by atoms with Crippen LogP contribution in [0.1, 0.15) is 32.6 Å². The van der Waals surface area contributed by atoms with Gasteiger partial charge in [-0.2, -0.15) is 0 Å². The lowest BCUT2D eigenvalue weighted by molar-refractivity contribution is 0.164. The number of thioether (sulfide) groups is 1. The summed E-state index contributed by atoms with van der Waals surface area (Å²) in [6.45, 7) is 8.13. The van der Waals surface area contributed by atoms with E-state index in [0.29, 0.717) is 12.6 Å². The Morgan fingerprint density at radius 3 is 2.75 bits per heavy atom. The van der Waals surface area contributed by atoms with Crippen LogP contribution in [0, 0.1) is 0 Å². The molecule has 0 fully saturated rings. The lowest BCUT2D eigenvalue weighted by Crippen LogP contribution is -2.11. The van der Waals surface area contributed by atoms with Crippen molar-refractivity contribution in [3.8, 4) is 0 Å². The van der Waals surface area contributed by atoms with Crippen molar-refractivity contribution in [1.82, 2.24) is 14.8 Å². The van der Waals surface area contributed by atoms with Gasteiger partial charge in [-0.3, -0.25) is 0 Å². The predicted molar refractivity (Wildman–Crippen MR) is 65.5 cm³/mol. The van der Waals surface area contributed by atoms with Gasteiger partial charge in [0.15, 0.2) is 5.16 Å². The molecule has 0 saturated carbocycles. The molecule has 16 heavy (non-hydrogen) atoms. The molecule has 1 aromatic rings. The highest BCUT2D eigenvalue weighted by Crippen LogP contribution is 2.21. The first kappa shape index (κ1) is 13.5. The largest absolute Gasteiger partial charge is 0.381 e.